The number of anilines is 1. The van der Waals surface area contributed by atoms with Gasteiger partial charge in [0.2, 0.25) is 9.84 Å². The van der Waals surface area contributed by atoms with Crippen molar-refractivity contribution in [3.8, 4) is 0 Å². The second-order valence-corrected chi connectivity index (χ2v) is 8.24. The molecule has 0 aliphatic carbocycles. The van der Waals surface area contributed by atoms with E-state index in [4.69, 9.17) is 11.6 Å². The van der Waals surface area contributed by atoms with Gasteiger partial charge in [0.25, 0.3) is 0 Å². The average Bonchev–Trinajstić information content (AvgIpc) is 3.08. The first-order valence-electron chi connectivity index (χ1n) is 8.01. The van der Waals surface area contributed by atoms with E-state index in [0.717, 1.165) is 31.9 Å². The van der Waals surface area contributed by atoms with Crippen LogP contribution >= 0.6 is 11.6 Å². The first-order valence-corrected chi connectivity index (χ1v) is 9.87. The molecular formula is C17H17ClN4O2S. The fraction of sp³-hybridized carbons (Fsp3) is 0.235. The van der Waals surface area contributed by atoms with Crippen molar-refractivity contribution < 1.29 is 8.42 Å². The highest BCUT2D eigenvalue weighted by Crippen LogP contribution is 2.34. The van der Waals surface area contributed by atoms with Gasteiger partial charge in [-0.3, -0.25) is 5.10 Å². The van der Waals surface area contributed by atoms with Gasteiger partial charge in [0.05, 0.1) is 15.8 Å². The zero-order valence-corrected chi connectivity index (χ0v) is 14.9. The summed E-state index contributed by atoms with van der Waals surface area (Å²) in [6, 6.07) is 11.8. The molecule has 0 saturated carbocycles. The highest BCUT2D eigenvalue weighted by atomic mass is 35.5. The van der Waals surface area contributed by atoms with Gasteiger partial charge in [-0.05, 0) is 36.4 Å². The molecule has 2 aromatic carbocycles. The van der Waals surface area contributed by atoms with Crippen molar-refractivity contribution in [3.63, 3.8) is 0 Å². The number of piperazine rings is 1. The van der Waals surface area contributed by atoms with Crippen LogP contribution in [0.1, 0.15) is 0 Å². The minimum absolute atomic E-state index is 0.124. The van der Waals surface area contributed by atoms with Crippen molar-refractivity contribution in [2.24, 2.45) is 0 Å². The predicted octanol–water partition coefficient (Wildman–Crippen LogP) is 2.46. The number of rotatable bonds is 3. The maximum Gasteiger partial charge on any atom is 0.223 e. The molecule has 0 unspecified atom stereocenters. The van der Waals surface area contributed by atoms with Crippen molar-refractivity contribution >= 4 is 38.0 Å². The van der Waals surface area contributed by atoms with E-state index < -0.39 is 9.84 Å². The summed E-state index contributed by atoms with van der Waals surface area (Å²) in [5, 5.41) is 11.5. The maximum atomic E-state index is 13.1. The van der Waals surface area contributed by atoms with Crippen LogP contribution in [0.25, 0.3) is 10.9 Å². The van der Waals surface area contributed by atoms with Gasteiger partial charge in [0.1, 0.15) is 0 Å². The third-order valence-electron chi connectivity index (χ3n) is 4.38. The molecule has 0 radical (unpaired) electrons. The molecule has 1 aromatic heterocycles. The zero-order valence-electron chi connectivity index (χ0n) is 13.4. The Hall–Kier alpha value is -2.09. The van der Waals surface area contributed by atoms with Crippen LogP contribution in [-0.2, 0) is 9.84 Å². The first kappa shape index (κ1) is 16.4. The summed E-state index contributed by atoms with van der Waals surface area (Å²) in [6.45, 7) is 3.39. The number of nitrogens with one attached hydrogen (secondary N) is 2. The number of aromatic nitrogens is 2. The van der Waals surface area contributed by atoms with E-state index in [1.165, 1.54) is 12.1 Å². The molecule has 2 heterocycles. The van der Waals surface area contributed by atoms with Gasteiger partial charge < -0.3 is 10.2 Å². The number of halogens is 1. The molecule has 0 spiro atoms. The number of hydrogen-bond donors (Lipinski definition) is 2. The lowest BCUT2D eigenvalue weighted by atomic mass is 10.2. The van der Waals surface area contributed by atoms with Gasteiger partial charge in [-0.2, -0.15) is 5.10 Å². The van der Waals surface area contributed by atoms with Gasteiger partial charge >= 0.3 is 0 Å². The second kappa shape index (κ2) is 6.33. The van der Waals surface area contributed by atoms with E-state index >= 15 is 0 Å². The van der Waals surface area contributed by atoms with Gasteiger partial charge in [-0.15, -0.1) is 0 Å². The zero-order chi connectivity index (χ0) is 17.4. The van der Waals surface area contributed by atoms with Crippen LogP contribution in [0.15, 0.2) is 52.4 Å². The molecule has 130 valence electrons. The molecule has 3 aromatic rings. The van der Waals surface area contributed by atoms with Crippen LogP contribution in [0.2, 0.25) is 5.02 Å². The molecule has 1 aliphatic rings. The minimum atomic E-state index is -3.72. The molecule has 1 aliphatic heterocycles. The Morgan fingerprint density at radius 1 is 1.04 bits per heavy atom. The summed E-state index contributed by atoms with van der Waals surface area (Å²) in [7, 11) is -3.72. The van der Waals surface area contributed by atoms with Crippen molar-refractivity contribution in [1.82, 2.24) is 15.5 Å². The van der Waals surface area contributed by atoms with Crippen LogP contribution < -0.4 is 10.2 Å². The summed E-state index contributed by atoms with van der Waals surface area (Å²) in [5.74, 6) is 0. The van der Waals surface area contributed by atoms with Crippen LogP contribution in [0.5, 0.6) is 0 Å². The number of benzene rings is 2. The van der Waals surface area contributed by atoms with Gasteiger partial charge in [0, 0.05) is 36.9 Å². The fourth-order valence-corrected chi connectivity index (χ4v) is 4.62. The molecule has 1 fully saturated rings. The van der Waals surface area contributed by atoms with Gasteiger partial charge in [-0.25, -0.2) is 8.42 Å². The molecule has 8 heteroatoms. The lowest BCUT2D eigenvalue weighted by Crippen LogP contribution is -2.43. The van der Waals surface area contributed by atoms with Crippen LogP contribution in [-0.4, -0.2) is 44.8 Å². The molecule has 0 amide bonds. The summed E-state index contributed by atoms with van der Waals surface area (Å²) in [4.78, 5) is 2.38. The number of nitrogens with zero attached hydrogens (tertiary/aromatic N) is 2. The molecular weight excluding hydrogens is 360 g/mol. The Labute approximate surface area is 150 Å². The monoisotopic (exact) mass is 376 g/mol. The lowest BCUT2D eigenvalue weighted by molar-refractivity contribution is 0.588. The highest BCUT2D eigenvalue weighted by molar-refractivity contribution is 7.91. The summed E-state index contributed by atoms with van der Waals surface area (Å²) in [6.07, 6.45) is 0. The number of aromatic amines is 1. The molecule has 0 atom stereocenters. The Morgan fingerprint density at radius 3 is 2.48 bits per heavy atom. The average molecular weight is 377 g/mol. The van der Waals surface area contributed by atoms with Gasteiger partial charge in [-0.1, -0.05) is 17.7 Å². The van der Waals surface area contributed by atoms with E-state index in [1.807, 2.05) is 18.2 Å². The second-order valence-electron chi connectivity index (χ2n) is 5.92. The Kier molecular flexibility index (Phi) is 4.15. The van der Waals surface area contributed by atoms with Crippen LogP contribution in [0.3, 0.4) is 0 Å². The molecule has 6 nitrogen and oxygen atoms in total. The van der Waals surface area contributed by atoms with Gasteiger partial charge in [0.15, 0.2) is 5.03 Å². The summed E-state index contributed by atoms with van der Waals surface area (Å²) >= 11 is 5.88. The largest absolute Gasteiger partial charge is 0.368 e. The Balaban J connectivity index is 1.89. The van der Waals surface area contributed by atoms with E-state index in [2.05, 4.69) is 20.4 Å². The molecule has 25 heavy (non-hydrogen) atoms. The lowest BCUT2D eigenvalue weighted by Gasteiger charge is -2.30. The molecule has 4 rings (SSSR count). The normalized spacial score (nSPS) is 15.6. The molecule has 0 bridgehead atoms. The van der Waals surface area contributed by atoms with Crippen molar-refractivity contribution in [2.75, 3.05) is 31.1 Å². The van der Waals surface area contributed by atoms with Crippen LogP contribution in [0, 0.1) is 0 Å². The third kappa shape index (κ3) is 2.88. The highest BCUT2D eigenvalue weighted by Gasteiger charge is 2.26. The smallest absolute Gasteiger partial charge is 0.223 e. The number of fused-ring (bicyclic) bond motifs is 1. The topological polar surface area (TPSA) is 78.1 Å². The Morgan fingerprint density at radius 2 is 1.76 bits per heavy atom. The summed E-state index contributed by atoms with van der Waals surface area (Å²) < 4.78 is 26.2. The predicted molar refractivity (Wildman–Crippen MR) is 98.1 cm³/mol. The van der Waals surface area contributed by atoms with Crippen molar-refractivity contribution in [3.05, 3.63) is 47.5 Å². The van der Waals surface area contributed by atoms with Crippen LogP contribution in [0.4, 0.5) is 5.69 Å². The maximum absolute atomic E-state index is 13.1. The van der Waals surface area contributed by atoms with E-state index in [-0.39, 0.29) is 9.92 Å². The Bertz CT molecular complexity index is 1010. The van der Waals surface area contributed by atoms with E-state index in [1.54, 1.807) is 12.1 Å². The number of H-pyrrole nitrogens is 1. The van der Waals surface area contributed by atoms with E-state index in [9.17, 15) is 8.42 Å². The fourth-order valence-electron chi connectivity index (χ4n) is 3.12. The third-order valence-corrected chi connectivity index (χ3v) is 6.35. The molecule has 2 N–H and O–H groups in total. The van der Waals surface area contributed by atoms with E-state index in [0.29, 0.717) is 15.9 Å². The quantitative estimate of drug-likeness (QED) is 0.734. The molecule has 1 saturated heterocycles. The van der Waals surface area contributed by atoms with Crippen molar-refractivity contribution in [2.45, 2.75) is 9.92 Å². The minimum Gasteiger partial charge on any atom is -0.368 e. The summed E-state index contributed by atoms with van der Waals surface area (Å²) in [5.41, 5.74) is 1.53. The number of hydrogen-bond acceptors (Lipinski definition) is 5. The number of sulfone groups is 1. The standard InChI is InChI=1S/C17H17ClN4O2S/c18-12-4-6-13(7-5-12)25(23,24)17-16-14(20-21-17)2-1-3-15(16)22-10-8-19-9-11-22/h1-7,19H,8-11H2,(H,20,21). The first-order chi connectivity index (χ1) is 12.1. The van der Waals surface area contributed by atoms with Crippen molar-refractivity contribution in [1.29, 1.82) is 0 Å². The SMILES string of the molecule is O=S(=O)(c1ccc(Cl)cc1)c1[nH]nc2cccc(N3CCNCC3)c12.